The quantitative estimate of drug-likeness (QED) is 0.184. The summed E-state index contributed by atoms with van der Waals surface area (Å²) in [6, 6.07) is 57.1. The van der Waals surface area contributed by atoms with E-state index in [1.54, 1.807) is 0 Å². The third-order valence-corrected chi connectivity index (χ3v) is 14.4. The molecule has 0 amide bonds. The summed E-state index contributed by atoms with van der Waals surface area (Å²) >= 11 is 1.90. The summed E-state index contributed by atoms with van der Waals surface area (Å²) in [7, 11) is 0.380. The Morgan fingerprint density at radius 2 is 0.963 bits per heavy atom. The van der Waals surface area contributed by atoms with Crippen molar-refractivity contribution in [2.24, 2.45) is 0 Å². The molecule has 0 atom stereocenters. The van der Waals surface area contributed by atoms with E-state index < -0.39 is 22.0 Å². The molecule has 1 heterocycles. The lowest BCUT2D eigenvalue weighted by atomic mass is 9.52. The number of benzene rings is 7. The third-order valence-electron chi connectivity index (χ3n) is 13.2. The van der Waals surface area contributed by atoms with E-state index in [9.17, 15) is 5.11 Å². The lowest BCUT2D eigenvalue weighted by Gasteiger charge is -2.48. The molecule has 4 heteroatoms. The lowest BCUT2D eigenvalue weighted by Crippen LogP contribution is -2.49. The molecule has 1 N–H and O–H groups in total. The topological polar surface area (TPSA) is 29.5 Å². The van der Waals surface area contributed by atoms with Crippen LogP contribution in [0.5, 0.6) is 0 Å². The Hall–Kier alpha value is -5.26. The maximum Gasteiger partial charge on any atom is 0.310 e. The van der Waals surface area contributed by atoms with Crippen LogP contribution in [-0.2, 0) is 15.5 Å². The van der Waals surface area contributed by atoms with Gasteiger partial charge in [-0.3, -0.25) is 0 Å². The van der Waals surface area contributed by atoms with Crippen LogP contribution in [0.15, 0.2) is 152 Å². The largest absolute Gasteiger partial charge is 0.427 e. The van der Waals surface area contributed by atoms with Crippen LogP contribution in [0, 0.1) is 0 Å². The van der Waals surface area contributed by atoms with Gasteiger partial charge >= 0.3 is 7.48 Å². The molecule has 8 aromatic rings. The van der Waals surface area contributed by atoms with Crippen molar-refractivity contribution in [1.82, 2.24) is 0 Å². The Morgan fingerprint density at radius 1 is 0.481 bits per heavy atom. The molecule has 1 aromatic heterocycles. The van der Waals surface area contributed by atoms with E-state index in [1.165, 1.54) is 86.9 Å². The van der Waals surface area contributed by atoms with E-state index in [0.717, 1.165) is 5.46 Å². The van der Waals surface area contributed by atoms with Crippen molar-refractivity contribution < 1.29 is 9.76 Å². The third kappa shape index (κ3) is 3.83. The second-order valence-corrected chi connectivity index (χ2v) is 17.4. The number of thiophene rings is 1. The van der Waals surface area contributed by atoms with Gasteiger partial charge in [-0.2, -0.15) is 0 Å². The van der Waals surface area contributed by atoms with Crippen LogP contribution >= 0.6 is 11.3 Å². The van der Waals surface area contributed by atoms with E-state index in [4.69, 9.17) is 4.65 Å². The predicted octanol–water partition coefficient (Wildman–Crippen LogP) is 10.6. The summed E-state index contributed by atoms with van der Waals surface area (Å²) in [4.78, 5) is 0. The van der Waals surface area contributed by atoms with Crippen molar-refractivity contribution in [3.05, 3.63) is 196 Å². The molecule has 2 spiro atoms. The predicted molar refractivity (Wildman–Crippen MR) is 226 cm³/mol. The Labute approximate surface area is 321 Å². The maximum absolute atomic E-state index is 11.1. The van der Waals surface area contributed by atoms with Gasteiger partial charge in [0, 0.05) is 25.7 Å². The van der Waals surface area contributed by atoms with Crippen molar-refractivity contribution in [3.8, 4) is 22.3 Å². The number of rotatable bonds is 4. The van der Waals surface area contributed by atoms with Crippen LogP contribution in [0.25, 0.3) is 42.4 Å². The molecule has 0 saturated carbocycles. The molecule has 3 aliphatic carbocycles. The van der Waals surface area contributed by atoms with E-state index >= 15 is 0 Å². The molecule has 0 aliphatic heterocycles. The maximum atomic E-state index is 11.1. The average molecular weight is 715 g/mol. The van der Waals surface area contributed by atoms with Crippen LogP contribution in [0.3, 0.4) is 0 Å². The molecule has 0 saturated heterocycles. The number of fused-ring (bicyclic) bond motifs is 20. The first-order valence-electron chi connectivity index (χ1n) is 19.0. The van der Waals surface area contributed by atoms with E-state index in [2.05, 4.69) is 152 Å². The second kappa shape index (κ2) is 10.9. The summed E-state index contributed by atoms with van der Waals surface area (Å²) in [5.41, 5.74) is 14.1. The zero-order valence-corrected chi connectivity index (χ0v) is 31.7. The zero-order valence-electron chi connectivity index (χ0n) is 30.9. The van der Waals surface area contributed by atoms with Gasteiger partial charge < -0.3 is 9.76 Å². The summed E-state index contributed by atoms with van der Waals surface area (Å²) < 4.78 is 9.32. The highest BCUT2D eigenvalue weighted by molar-refractivity contribution is 7.26. The number of hydrogen-bond acceptors (Lipinski definition) is 3. The number of aliphatic hydroxyl groups is 1. The minimum absolute atomic E-state index is 0.380. The first-order chi connectivity index (χ1) is 26.2. The summed E-state index contributed by atoms with van der Waals surface area (Å²) in [5.74, 6) is 0. The fraction of sp³-hybridized carbons (Fsp3) is 0.160. The SMILES string of the molecule is CC(C)(O)C(C)(C)OBc1cccc2c1-c1c(ccc3c1sc1ccccc13)C21c2ccccc2C2(c3ccccc3-c3ccccc32)c2ccccc21. The highest BCUT2D eigenvalue weighted by Gasteiger charge is 2.59. The molecule has 0 fully saturated rings. The molecular formula is C50H39BO2S. The van der Waals surface area contributed by atoms with Crippen LogP contribution in [0.1, 0.15) is 72.2 Å². The van der Waals surface area contributed by atoms with Gasteiger partial charge in [0.2, 0.25) is 0 Å². The molecular weight excluding hydrogens is 675 g/mol. The highest BCUT2D eigenvalue weighted by atomic mass is 32.1. The molecule has 7 aromatic carbocycles. The van der Waals surface area contributed by atoms with Crippen molar-refractivity contribution >= 4 is 44.5 Å². The van der Waals surface area contributed by atoms with Crippen LogP contribution < -0.4 is 5.46 Å². The standard InChI is InChI=1S/C50H39BO2S/c1-47(2,52)48(3,4)53-51-42-26-15-25-40-44(42)45-41(29-28-33-32-18-7-14-27-43(32)54-46(33)45)50(40)38-23-12-10-21-36(38)49(37-22-11-13-24-39(37)50)34-19-8-5-16-30(34)31-17-6-9-20-35(31)49/h5-29,51-52H,1-4H3. The molecule has 0 bridgehead atoms. The minimum atomic E-state index is -1.02. The monoisotopic (exact) mass is 714 g/mol. The van der Waals surface area contributed by atoms with Gasteiger partial charge in [-0.05, 0) is 100 Å². The summed E-state index contributed by atoms with van der Waals surface area (Å²) in [6.07, 6.45) is 0. The molecule has 3 aliphatic rings. The van der Waals surface area contributed by atoms with E-state index in [0.29, 0.717) is 7.48 Å². The van der Waals surface area contributed by atoms with Gasteiger partial charge in [-0.25, -0.2) is 0 Å². The molecule has 0 radical (unpaired) electrons. The molecule has 2 nitrogen and oxygen atoms in total. The normalized spacial score (nSPS) is 15.5. The van der Waals surface area contributed by atoms with E-state index in [1.807, 2.05) is 39.0 Å². The first kappa shape index (κ1) is 32.2. The zero-order chi connectivity index (χ0) is 36.6. The Bertz CT molecular complexity index is 2780. The van der Waals surface area contributed by atoms with Gasteiger partial charge in [0.05, 0.1) is 22.0 Å². The van der Waals surface area contributed by atoms with Crippen LogP contribution in [0.4, 0.5) is 0 Å². The highest BCUT2D eigenvalue weighted by Crippen LogP contribution is 2.68. The van der Waals surface area contributed by atoms with Crippen molar-refractivity contribution in [2.45, 2.75) is 49.7 Å². The van der Waals surface area contributed by atoms with Crippen LogP contribution in [0.2, 0.25) is 0 Å². The van der Waals surface area contributed by atoms with Crippen LogP contribution in [-0.4, -0.2) is 23.8 Å². The number of hydrogen-bond donors (Lipinski definition) is 1. The molecule has 0 unspecified atom stereocenters. The smallest absolute Gasteiger partial charge is 0.310 e. The van der Waals surface area contributed by atoms with E-state index in [-0.39, 0.29) is 0 Å². The van der Waals surface area contributed by atoms with Gasteiger partial charge in [0.1, 0.15) is 0 Å². The fourth-order valence-corrected chi connectivity index (χ4v) is 11.5. The molecule has 54 heavy (non-hydrogen) atoms. The van der Waals surface area contributed by atoms with Crippen molar-refractivity contribution in [3.63, 3.8) is 0 Å². The Kier molecular flexibility index (Phi) is 6.51. The Balaban J connectivity index is 1.29. The average Bonchev–Trinajstić information content (AvgIpc) is 3.82. The first-order valence-corrected chi connectivity index (χ1v) is 19.8. The molecule has 11 rings (SSSR count). The van der Waals surface area contributed by atoms with Gasteiger partial charge in [-0.1, -0.05) is 146 Å². The van der Waals surface area contributed by atoms with Crippen molar-refractivity contribution in [1.29, 1.82) is 0 Å². The van der Waals surface area contributed by atoms with Crippen molar-refractivity contribution in [2.75, 3.05) is 0 Å². The lowest BCUT2D eigenvalue weighted by molar-refractivity contribution is -0.0893. The summed E-state index contributed by atoms with van der Waals surface area (Å²) in [6.45, 7) is 7.64. The van der Waals surface area contributed by atoms with Gasteiger partial charge in [0.15, 0.2) is 0 Å². The van der Waals surface area contributed by atoms with Gasteiger partial charge in [-0.15, -0.1) is 11.3 Å². The second-order valence-electron chi connectivity index (χ2n) is 16.3. The molecule has 260 valence electrons. The Morgan fingerprint density at radius 3 is 1.56 bits per heavy atom. The van der Waals surface area contributed by atoms with Gasteiger partial charge in [0.25, 0.3) is 0 Å². The fourth-order valence-electron chi connectivity index (χ4n) is 10.2. The minimum Gasteiger partial charge on any atom is -0.427 e. The summed E-state index contributed by atoms with van der Waals surface area (Å²) in [5, 5.41) is 13.7.